The predicted molar refractivity (Wildman–Crippen MR) is 190 cm³/mol. The summed E-state index contributed by atoms with van der Waals surface area (Å²) in [6, 6.07) is 4.06. The molecule has 5 rings (SSSR count). The van der Waals surface area contributed by atoms with E-state index in [9.17, 15) is 41.1 Å². The van der Waals surface area contributed by atoms with Gasteiger partial charge in [-0.05, 0) is 62.6 Å². The molecule has 55 heavy (non-hydrogen) atoms. The minimum Gasteiger partial charge on any atom is -0.377 e. The van der Waals surface area contributed by atoms with Crippen molar-refractivity contribution in [3.05, 3.63) is 77.7 Å². The zero-order valence-electron chi connectivity index (χ0n) is 30.7. The lowest BCUT2D eigenvalue weighted by Crippen LogP contribution is -2.46. The minimum absolute atomic E-state index is 0.0490. The summed E-state index contributed by atoms with van der Waals surface area (Å²) in [4.78, 5) is 66.5. The van der Waals surface area contributed by atoms with Crippen LogP contribution in [0.3, 0.4) is 0 Å². The summed E-state index contributed by atoms with van der Waals surface area (Å²) < 4.78 is 75.6. The Balaban J connectivity index is 1.54. The van der Waals surface area contributed by atoms with Crippen LogP contribution in [0.2, 0.25) is 0 Å². The number of hydrogen-bond donors (Lipinski definition) is 2. The van der Waals surface area contributed by atoms with E-state index in [1.54, 1.807) is 45.3 Å². The van der Waals surface area contributed by atoms with Crippen LogP contribution >= 0.6 is 0 Å². The van der Waals surface area contributed by atoms with Gasteiger partial charge in [0.05, 0.1) is 12.1 Å². The lowest BCUT2D eigenvalue weighted by atomic mass is 9.87. The third kappa shape index (κ3) is 8.85. The van der Waals surface area contributed by atoms with Gasteiger partial charge in [0.2, 0.25) is 11.8 Å². The van der Waals surface area contributed by atoms with E-state index in [1.165, 1.54) is 18.5 Å². The van der Waals surface area contributed by atoms with Crippen LogP contribution in [0.5, 0.6) is 0 Å². The third-order valence-electron chi connectivity index (χ3n) is 9.22. The second-order valence-electron chi connectivity index (χ2n) is 13.7. The highest BCUT2D eigenvalue weighted by Crippen LogP contribution is 2.37. The number of benzene rings is 1. The number of likely N-dealkylation sites (tertiary alicyclic amines) is 1. The maximum Gasteiger partial charge on any atom is 0.433 e. The molecule has 2 N–H and O–H groups in total. The van der Waals surface area contributed by atoms with Crippen LogP contribution in [-0.4, -0.2) is 84.8 Å². The Labute approximate surface area is 312 Å². The zero-order chi connectivity index (χ0) is 40.5. The molecule has 4 aromatic rings. The molecule has 13 nitrogen and oxygen atoms in total. The number of carbonyl (C=O) groups excluding carboxylic acids is 4. The van der Waals surface area contributed by atoms with Gasteiger partial charge in [-0.2, -0.15) is 27.1 Å². The Hall–Kier alpha value is -5.65. The molecule has 0 saturated carbocycles. The number of Topliss-reactive ketones (excluding diaryl/α,β-unsaturated/α-hetero) is 1. The monoisotopic (exact) mass is 770 g/mol. The summed E-state index contributed by atoms with van der Waals surface area (Å²) in [6.07, 6.45) is -1.56. The molecule has 1 aliphatic heterocycles. The molecule has 0 bridgehead atoms. The summed E-state index contributed by atoms with van der Waals surface area (Å²) in [5, 5.41) is 9.45. The van der Waals surface area contributed by atoms with Gasteiger partial charge in [0.25, 0.3) is 5.91 Å². The number of aromatic nitrogens is 5. The number of ether oxygens (including phenoxy) is 1. The molecule has 18 heteroatoms. The molecular formula is C37H39F5N8O5. The van der Waals surface area contributed by atoms with Crippen LogP contribution in [0.1, 0.15) is 60.3 Å². The van der Waals surface area contributed by atoms with Gasteiger partial charge in [-0.3, -0.25) is 23.9 Å². The molecule has 3 amide bonds. The van der Waals surface area contributed by atoms with Gasteiger partial charge in [0.15, 0.2) is 5.78 Å². The highest BCUT2D eigenvalue weighted by Gasteiger charge is 2.47. The highest BCUT2D eigenvalue weighted by molar-refractivity contribution is 6.07. The Morgan fingerprint density at radius 3 is 2.38 bits per heavy atom. The minimum atomic E-state index is -4.81. The first-order chi connectivity index (χ1) is 25.8. The summed E-state index contributed by atoms with van der Waals surface area (Å²) in [5.74, 6) is -7.37. The smallest absolute Gasteiger partial charge is 0.377 e. The second-order valence-corrected chi connectivity index (χ2v) is 13.7. The first-order valence-electron chi connectivity index (χ1n) is 17.1. The van der Waals surface area contributed by atoms with E-state index >= 15 is 0 Å². The summed E-state index contributed by atoms with van der Waals surface area (Å²) in [7, 11) is 0. The van der Waals surface area contributed by atoms with Crippen molar-refractivity contribution in [3.63, 3.8) is 0 Å². The molecule has 3 aromatic heterocycles. The van der Waals surface area contributed by atoms with Crippen molar-refractivity contribution in [3.8, 4) is 11.1 Å². The number of rotatable bonds is 13. The van der Waals surface area contributed by atoms with E-state index in [1.807, 2.05) is 0 Å². The Morgan fingerprint density at radius 1 is 1.07 bits per heavy atom. The molecule has 0 radical (unpaired) electrons. The van der Waals surface area contributed by atoms with E-state index in [4.69, 9.17) is 4.74 Å². The summed E-state index contributed by atoms with van der Waals surface area (Å²) >= 11 is 0. The number of amides is 3. The first-order valence-corrected chi connectivity index (χ1v) is 17.1. The van der Waals surface area contributed by atoms with E-state index in [0.29, 0.717) is 40.0 Å². The van der Waals surface area contributed by atoms with Gasteiger partial charge < -0.3 is 20.3 Å². The largest absolute Gasteiger partial charge is 0.433 e. The summed E-state index contributed by atoms with van der Waals surface area (Å²) in [6.45, 7) is 10.1. The number of nitrogens with one attached hydrogen (secondary N) is 2. The van der Waals surface area contributed by atoms with Gasteiger partial charge in [-0.15, -0.1) is 0 Å². The SMILES string of the molecule is C=CC(F)(F)C(=O)NC[C@]1(C)C[C@@H](C(=O)Nc2nc(C(F)(F)F)ccc2C)N(C(=O)Cn2nc(C(C)=O)c3cc(-c4cnc(C)nc4)cc(COCC)c32)C1. The van der Waals surface area contributed by atoms with Crippen LogP contribution in [0.25, 0.3) is 22.0 Å². The van der Waals surface area contributed by atoms with Crippen molar-refractivity contribution in [2.75, 3.05) is 25.0 Å². The van der Waals surface area contributed by atoms with Crippen LogP contribution < -0.4 is 10.6 Å². The topological polar surface area (TPSA) is 161 Å². The normalized spacial score (nSPS) is 17.3. The number of halogens is 5. The fourth-order valence-corrected chi connectivity index (χ4v) is 6.33. The third-order valence-corrected chi connectivity index (χ3v) is 9.22. The Morgan fingerprint density at radius 2 is 1.76 bits per heavy atom. The number of nitrogens with zero attached hydrogens (tertiary/aromatic N) is 6. The van der Waals surface area contributed by atoms with Crippen LogP contribution in [-0.2, 0) is 38.4 Å². The highest BCUT2D eigenvalue weighted by atomic mass is 19.4. The van der Waals surface area contributed by atoms with Gasteiger partial charge in [0.1, 0.15) is 35.6 Å². The Kier molecular flexibility index (Phi) is 11.5. The molecule has 2 atom stereocenters. The molecule has 4 heterocycles. The van der Waals surface area contributed by atoms with Crippen LogP contribution in [0.4, 0.5) is 27.8 Å². The van der Waals surface area contributed by atoms with Crippen molar-refractivity contribution >= 4 is 40.2 Å². The van der Waals surface area contributed by atoms with Crippen molar-refractivity contribution in [2.24, 2.45) is 5.41 Å². The van der Waals surface area contributed by atoms with Crippen molar-refractivity contribution < 1.29 is 45.9 Å². The molecular weight excluding hydrogens is 731 g/mol. The average molecular weight is 771 g/mol. The van der Waals surface area contributed by atoms with Crippen molar-refractivity contribution in [1.29, 1.82) is 0 Å². The fourth-order valence-electron chi connectivity index (χ4n) is 6.33. The van der Waals surface area contributed by atoms with Gasteiger partial charge in [-0.1, -0.05) is 19.6 Å². The molecule has 1 fully saturated rings. The number of alkyl halides is 5. The number of pyridine rings is 1. The van der Waals surface area contributed by atoms with Crippen LogP contribution in [0, 0.1) is 19.3 Å². The maximum atomic E-state index is 14.3. The van der Waals surface area contributed by atoms with E-state index < -0.39 is 65.8 Å². The fraction of sp³-hybridized carbons (Fsp3) is 0.405. The van der Waals surface area contributed by atoms with Crippen LogP contribution in [0.15, 0.2) is 49.3 Å². The molecule has 0 unspecified atom stereocenters. The van der Waals surface area contributed by atoms with Gasteiger partial charge >= 0.3 is 12.1 Å². The molecule has 1 saturated heterocycles. The molecule has 1 aromatic carbocycles. The maximum absolute atomic E-state index is 14.3. The number of ketones is 1. The average Bonchev–Trinajstić information content (AvgIpc) is 3.68. The first kappa shape index (κ1) is 40.5. The van der Waals surface area contributed by atoms with Crippen molar-refractivity contribution in [1.82, 2.24) is 34.9 Å². The second kappa shape index (κ2) is 15.6. The number of anilines is 1. The van der Waals surface area contributed by atoms with E-state index in [2.05, 4.69) is 37.3 Å². The Bertz CT molecular complexity index is 2150. The number of carbonyl (C=O) groups is 4. The zero-order valence-corrected chi connectivity index (χ0v) is 30.7. The molecule has 0 spiro atoms. The van der Waals surface area contributed by atoms with E-state index in [-0.39, 0.29) is 42.7 Å². The molecule has 292 valence electrons. The van der Waals surface area contributed by atoms with Crippen molar-refractivity contribution in [2.45, 2.75) is 72.3 Å². The lowest BCUT2D eigenvalue weighted by molar-refractivity contribution is -0.141. The quantitative estimate of drug-likeness (QED) is 0.102. The standard InChI is InChI=1S/C37H39F5N8O5/c1-7-36(38,39)34(54)45-18-35(6)13-27(33(53)47-32-20(3)9-10-28(46-32)37(40,41)42)49(19-35)29(52)16-50-31-24(17-55-8-2)11-23(25-14-43-22(5)44-15-25)12-26(31)30(48-50)21(4)51/h7,9-12,14-15,27H,1,8,13,16-19H2,2-6H3,(H,45,54)(H,46,47,53)/t27-,35-/m0/s1. The predicted octanol–water partition coefficient (Wildman–Crippen LogP) is 5.45. The van der Waals surface area contributed by atoms with Gasteiger partial charge in [0, 0.05) is 60.9 Å². The van der Waals surface area contributed by atoms with Gasteiger partial charge in [-0.25, -0.2) is 15.0 Å². The van der Waals surface area contributed by atoms with E-state index in [0.717, 1.165) is 17.0 Å². The number of fused-ring (bicyclic) bond motifs is 1. The number of aryl methyl sites for hydroxylation is 2. The molecule has 1 aliphatic rings. The number of hydrogen-bond acceptors (Lipinski definition) is 9. The lowest BCUT2D eigenvalue weighted by Gasteiger charge is -2.26. The molecule has 0 aliphatic carbocycles. The summed E-state index contributed by atoms with van der Waals surface area (Å²) in [5.41, 5.74) is 0.112.